The van der Waals surface area contributed by atoms with E-state index in [1.807, 2.05) is 0 Å². The fourth-order valence-corrected chi connectivity index (χ4v) is 1.73. The van der Waals surface area contributed by atoms with E-state index in [-0.39, 0.29) is 5.91 Å². The Morgan fingerprint density at radius 2 is 2.19 bits per heavy atom. The van der Waals surface area contributed by atoms with Crippen molar-refractivity contribution in [2.75, 3.05) is 14.2 Å². The highest BCUT2D eigenvalue weighted by Crippen LogP contribution is 2.28. The van der Waals surface area contributed by atoms with Crippen LogP contribution < -0.4 is 10.1 Å². The van der Waals surface area contributed by atoms with Crippen LogP contribution in [0.4, 0.5) is 0 Å². The summed E-state index contributed by atoms with van der Waals surface area (Å²) < 4.78 is 10.6. The molecular formula is C12H13NO3. The van der Waals surface area contributed by atoms with Crippen molar-refractivity contribution < 1.29 is 13.9 Å². The Bertz CT molecular complexity index is 542. The average Bonchev–Trinajstić information content (AvgIpc) is 2.63. The van der Waals surface area contributed by atoms with Gasteiger partial charge in [-0.3, -0.25) is 4.79 Å². The first-order valence-electron chi connectivity index (χ1n) is 4.96. The maximum Gasteiger partial charge on any atom is 0.255 e. The second kappa shape index (κ2) is 3.89. The van der Waals surface area contributed by atoms with Crippen molar-refractivity contribution in [1.29, 1.82) is 0 Å². The fraction of sp³-hybridized carbons (Fsp3) is 0.250. The van der Waals surface area contributed by atoms with E-state index in [2.05, 4.69) is 5.32 Å². The van der Waals surface area contributed by atoms with E-state index < -0.39 is 0 Å². The van der Waals surface area contributed by atoms with Gasteiger partial charge < -0.3 is 14.5 Å². The van der Waals surface area contributed by atoms with Gasteiger partial charge in [0.1, 0.15) is 17.1 Å². The van der Waals surface area contributed by atoms with Gasteiger partial charge in [-0.1, -0.05) is 0 Å². The van der Waals surface area contributed by atoms with Gasteiger partial charge in [-0.25, -0.2) is 0 Å². The summed E-state index contributed by atoms with van der Waals surface area (Å²) in [4.78, 5) is 11.7. The molecule has 1 N–H and O–H groups in total. The smallest absolute Gasteiger partial charge is 0.255 e. The van der Waals surface area contributed by atoms with E-state index >= 15 is 0 Å². The molecule has 0 radical (unpaired) electrons. The number of fused-ring (bicyclic) bond motifs is 1. The van der Waals surface area contributed by atoms with Gasteiger partial charge in [0.05, 0.1) is 12.7 Å². The van der Waals surface area contributed by atoms with Crippen molar-refractivity contribution in [3.05, 3.63) is 29.5 Å². The summed E-state index contributed by atoms with van der Waals surface area (Å²) >= 11 is 0. The number of benzene rings is 1. The van der Waals surface area contributed by atoms with E-state index in [1.165, 1.54) is 0 Å². The van der Waals surface area contributed by atoms with Crippen molar-refractivity contribution in [3.63, 3.8) is 0 Å². The van der Waals surface area contributed by atoms with Crippen LogP contribution in [-0.2, 0) is 0 Å². The molecule has 0 aliphatic carbocycles. The standard InChI is InChI=1S/C12H13NO3/c1-7-11(12(14)13-2)9-6-8(15-3)4-5-10(9)16-7/h4-6H,1-3H3,(H,13,14). The molecule has 0 bridgehead atoms. The predicted octanol–water partition coefficient (Wildman–Crippen LogP) is 2.11. The van der Waals surface area contributed by atoms with E-state index in [4.69, 9.17) is 9.15 Å². The first-order chi connectivity index (χ1) is 7.67. The van der Waals surface area contributed by atoms with Gasteiger partial charge in [-0.2, -0.15) is 0 Å². The molecule has 4 nitrogen and oxygen atoms in total. The van der Waals surface area contributed by atoms with Gasteiger partial charge in [0, 0.05) is 12.4 Å². The summed E-state index contributed by atoms with van der Waals surface area (Å²) in [5.74, 6) is 1.17. The van der Waals surface area contributed by atoms with Gasteiger partial charge in [-0.05, 0) is 25.1 Å². The number of aryl methyl sites for hydroxylation is 1. The maximum atomic E-state index is 11.7. The summed E-state index contributed by atoms with van der Waals surface area (Å²) in [5.41, 5.74) is 1.26. The molecule has 2 rings (SSSR count). The minimum Gasteiger partial charge on any atom is -0.497 e. The number of furan rings is 1. The normalized spacial score (nSPS) is 10.4. The van der Waals surface area contributed by atoms with Crippen LogP contribution >= 0.6 is 0 Å². The molecule has 4 heteroatoms. The second-order valence-corrected chi connectivity index (χ2v) is 3.47. The van der Waals surface area contributed by atoms with Crippen LogP contribution in [-0.4, -0.2) is 20.1 Å². The third kappa shape index (κ3) is 1.52. The number of carbonyl (C=O) groups excluding carboxylic acids is 1. The van der Waals surface area contributed by atoms with Crippen LogP contribution in [0, 0.1) is 6.92 Å². The predicted molar refractivity (Wildman–Crippen MR) is 60.9 cm³/mol. The first kappa shape index (κ1) is 10.5. The molecule has 1 heterocycles. The number of carbonyl (C=O) groups is 1. The van der Waals surface area contributed by atoms with E-state index in [1.54, 1.807) is 39.3 Å². The third-order valence-electron chi connectivity index (χ3n) is 2.53. The van der Waals surface area contributed by atoms with Crippen molar-refractivity contribution in [3.8, 4) is 5.75 Å². The number of hydrogen-bond donors (Lipinski definition) is 1. The van der Waals surface area contributed by atoms with Crippen LogP contribution in [0.3, 0.4) is 0 Å². The van der Waals surface area contributed by atoms with Crippen molar-refractivity contribution in [1.82, 2.24) is 5.32 Å². The molecule has 16 heavy (non-hydrogen) atoms. The zero-order chi connectivity index (χ0) is 11.7. The number of hydrogen-bond acceptors (Lipinski definition) is 3. The van der Waals surface area contributed by atoms with E-state index in [0.29, 0.717) is 22.7 Å². The van der Waals surface area contributed by atoms with Crippen molar-refractivity contribution in [2.45, 2.75) is 6.92 Å². The minimum atomic E-state index is -0.149. The number of nitrogens with one attached hydrogen (secondary N) is 1. The minimum absolute atomic E-state index is 0.149. The van der Waals surface area contributed by atoms with Gasteiger partial charge in [0.15, 0.2) is 0 Å². The van der Waals surface area contributed by atoms with Crippen LogP contribution in [0.15, 0.2) is 22.6 Å². The molecule has 0 aliphatic rings. The van der Waals surface area contributed by atoms with Crippen LogP contribution in [0.1, 0.15) is 16.1 Å². The van der Waals surface area contributed by atoms with Crippen LogP contribution in [0.25, 0.3) is 11.0 Å². The van der Waals surface area contributed by atoms with Gasteiger partial charge >= 0.3 is 0 Å². The molecule has 0 atom stereocenters. The highest BCUT2D eigenvalue weighted by Gasteiger charge is 2.17. The maximum absolute atomic E-state index is 11.7. The summed E-state index contributed by atoms with van der Waals surface area (Å²) in [7, 11) is 3.19. The molecule has 0 fully saturated rings. The van der Waals surface area contributed by atoms with Gasteiger partial charge in [-0.15, -0.1) is 0 Å². The average molecular weight is 219 g/mol. The Kier molecular flexibility index (Phi) is 2.56. The summed E-state index contributed by atoms with van der Waals surface area (Å²) in [6.07, 6.45) is 0. The van der Waals surface area contributed by atoms with Gasteiger partial charge in [0.25, 0.3) is 5.91 Å². The molecule has 0 aliphatic heterocycles. The molecule has 84 valence electrons. The summed E-state index contributed by atoms with van der Waals surface area (Å²) in [5, 5.41) is 3.37. The zero-order valence-corrected chi connectivity index (χ0v) is 9.46. The largest absolute Gasteiger partial charge is 0.497 e. The Morgan fingerprint density at radius 1 is 1.44 bits per heavy atom. The van der Waals surface area contributed by atoms with Crippen LogP contribution in [0.2, 0.25) is 0 Å². The number of rotatable bonds is 2. The quantitative estimate of drug-likeness (QED) is 0.841. The highest BCUT2D eigenvalue weighted by atomic mass is 16.5. The molecule has 0 saturated carbocycles. The molecule has 1 aromatic heterocycles. The van der Waals surface area contributed by atoms with Crippen molar-refractivity contribution >= 4 is 16.9 Å². The summed E-state index contributed by atoms with van der Waals surface area (Å²) in [6.45, 7) is 1.77. The van der Waals surface area contributed by atoms with E-state index in [9.17, 15) is 4.79 Å². The van der Waals surface area contributed by atoms with E-state index in [0.717, 1.165) is 5.39 Å². The van der Waals surface area contributed by atoms with Gasteiger partial charge in [0.2, 0.25) is 0 Å². The fourth-order valence-electron chi connectivity index (χ4n) is 1.73. The molecule has 1 aromatic carbocycles. The molecule has 0 spiro atoms. The lowest BCUT2D eigenvalue weighted by molar-refractivity contribution is 0.0963. The Hall–Kier alpha value is -1.97. The number of methoxy groups -OCH3 is 1. The monoisotopic (exact) mass is 219 g/mol. The third-order valence-corrected chi connectivity index (χ3v) is 2.53. The molecule has 2 aromatic rings. The molecular weight excluding hydrogens is 206 g/mol. The Balaban J connectivity index is 2.70. The molecule has 0 unspecified atom stereocenters. The number of amides is 1. The zero-order valence-electron chi connectivity index (χ0n) is 9.46. The molecule has 0 saturated heterocycles. The second-order valence-electron chi connectivity index (χ2n) is 3.47. The lowest BCUT2D eigenvalue weighted by Gasteiger charge is -2.00. The first-order valence-corrected chi connectivity index (χ1v) is 4.96. The highest BCUT2D eigenvalue weighted by molar-refractivity contribution is 6.07. The molecule has 1 amide bonds. The summed E-state index contributed by atoms with van der Waals surface area (Å²) in [6, 6.07) is 5.41. The Morgan fingerprint density at radius 3 is 2.81 bits per heavy atom. The number of ether oxygens (including phenoxy) is 1. The SMILES string of the molecule is CNC(=O)c1c(C)oc2ccc(OC)cc12. The lowest BCUT2D eigenvalue weighted by Crippen LogP contribution is -2.18. The topological polar surface area (TPSA) is 51.5 Å². The lowest BCUT2D eigenvalue weighted by atomic mass is 10.1. The Labute approximate surface area is 93.2 Å². The van der Waals surface area contributed by atoms with Crippen molar-refractivity contribution in [2.24, 2.45) is 0 Å². The van der Waals surface area contributed by atoms with Crippen LogP contribution in [0.5, 0.6) is 5.75 Å².